The van der Waals surface area contributed by atoms with E-state index in [9.17, 15) is 9.59 Å². The number of hydrogen-bond donors (Lipinski definition) is 0. The molecule has 0 bridgehead atoms. The van der Waals surface area contributed by atoms with Crippen molar-refractivity contribution in [3.05, 3.63) is 62.3 Å². The van der Waals surface area contributed by atoms with Crippen LogP contribution in [-0.2, 0) is 4.79 Å². The number of imide groups is 1. The number of urea groups is 1. The van der Waals surface area contributed by atoms with Crippen LogP contribution in [0.3, 0.4) is 0 Å². The quantitative estimate of drug-likeness (QED) is 0.330. The van der Waals surface area contributed by atoms with Crippen LogP contribution in [0.4, 0.5) is 4.79 Å². The fraction of sp³-hybridized carbons (Fsp3) is 0.478. The lowest BCUT2D eigenvalue weighted by atomic mass is 9.95. The molecular weight excluding hydrogens is 364 g/mol. The van der Waals surface area contributed by atoms with E-state index in [0.717, 1.165) is 5.57 Å². The Morgan fingerprint density at radius 2 is 1.34 bits per heavy atom. The first kappa shape index (κ1) is 24.6. The van der Waals surface area contributed by atoms with Gasteiger partial charge in [-0.2, -0.15) is 0 Å². The molecule has 1 fully saturated rings. The molecule has 1 aliphatic heterocycles. The topological polar surface area (TPSA) is 47.1 Å². The Morgan fingerprint density at radius 1 is 0.897 bits per heavy atom. The van der Waals surface area contributed by atoms with Crippen molar-refractivity contribution in [3.63, 3.8) is 0 Å². The second-order valence-electron chi connectivity index (χ2n) is 7.71. The van der Waals surface area contributed by atoms with Gasteiger partial charge in [-0.15, -0.1) is 26.3 Å². The summed E-state index contributed by atoms with van der Waals surface area (Å²) < 4.78 is 0. The Balaban J connectivity index is 3.24. The van der Waals surface area contributed by atoms with Crippen molar-refractivity contribution in [2.45, 2.75) is 32.7 Å². The molecule has 29 heavy (non-hydrogen) atoms. The molecule has 1 aliphatic rings. The average molecular weight is 401 g/mol. The number of allylic oxidation sites excluding steroid dienone is 1. The van der Waals surface area contributed by atoms with Gasteiger partial charge in [0.1, 0.15) is 5.54 Å². The van der Waals surface area contributed by atoms with Gasteiger partial charge >= 0.3 is 6.03 Å². The SMILES string of the molecule is C=CCN(CC=C)CN1C(=O)N(CN(CC=C)CC=C)C(C)(CC=C(C)C)C1=O. The largest absolute Gasteiger partial charge is 0.329 e. The van der Waals surface area contributed by atoms with Crippen molar-refractivity contribution in [2.24, 2.45) is 0 Å². The maximum atomic E-state index is 13.4. The molecule has 0 spiro atoms. The third-order valence-corrected chi connectivity index (χ3v) is 4.90. The van der Waals surface area contributed by atoms with Crippen molar-refractivity contribution in [1.29, 1.82) is 0 Å². The number of hydrogen-bond acceptors (Lipinski definition) is 4. The molecule has 0 aromatic rings. The van der Waals surface area contributed by atoms with Crippen LogP contribution in [0.5, 0.6) is 0 Å². The molecule has 1 rings (SSSR count). The first-order valence-electron chi connectivity index (χ1n) is 9.90. The van der Waals surface area contributed by atoms with Gasteiger partial charge in [0.05, 0.1) is 13.3 Å². The Kier molecular flexibility index (Phi) is 9.78. The highest BCUT2D eigenvalue weighted by Crippen LogP contribution is 2.32. The van der Waals surface area contributed by atoms with Crippen molar-refractivity contribution in [1.82, 2.24) is 19.6 Å². The van der Waals surface area contributed by atoms with Gasteiger partial charge in [-0.3, -0.25) is 19.5 Å². The van der Waals surface area contributed by atoms with Crippen LogP contribution in [0.1, 0.15) is 27.2 Å². The molecular formula is C23H36N4O2. The van der Waals surface area contributed by atoms with Crippen molar-refractivity contribution >= 4 is 11.9 Å². The number of carbonyl (C=O) groups excluding carboxylic acids is 2. The third kappa shape index (κ3) is 6.27. The van der Waals surface area contributed by atoms with E-state index in [2.05, 4.69) is 26.3 Å². The molecule has 3 amide bonds. The molecule has 0 aliphatic carbocycles. The summed E-state index contributed by atoms with van der Waals surface area (Å²) in [6.45, 7) is 23.8. The van der Waals surface area contributed by atoms with Crippen LogP contribution in [0.15, 0.2) is 62.3 Å². The zero-order chi connectivity index (χ0) is 22.0. The van der Waals surface area contributed by atoms with Crippen molar-refractivity contribution in [3.8, 4) is 0 Å². The molecule has 6 heteroatoms. The lowest BCUT2D eigenvalue weighted by molar-refractivity contribution is -0.134. The van der Waals surface area contributed by atoms with E-state index < -0.39 is 5.54 Å². The van der Waals surface area contributed by atoms with Crippen molar-refractivity contribution in [2.75, 3.05) is 39.5 Å². The smallest absolute Gasteiger partial charge is 0.296 e. The minimum atomic E-state index is -0.941. The Morgan fingerprint density at radius 3 is 1.76 bits per heavy atom. The summed E-state index contributed by atoms with van der Waals surface area (Å²) in [6.07, 6.45) is 9.56. The summed E-state index contributed by atoms with van der Waals surface area (Å²) >= 11 is 0. The van der Waals surface area contributed by atoms with Gasteiger partial charge in [-0.1, -0.05) is 36.0 Å². The van der Waals surface area contributed by atoms with E-state index in [0.29, 0.717) is 39.3 Å². The van der Waals surface area contributed by atoms with E-state index in [4.69, 9.17) is 0 Å². The summed E-state index contributed by atoms with van der Waals surface area (Å²) in [5.74, 6) is -0.185. The predicted molar refractivity (Wildman–Crippen MR) is 120 cm³/mol. The summed E-state index contributed by atoms with van der Waals surface area (Å²) in [6, 6.07) is -0.282. The van der Waals surface area contributed by atoms with Crippen molar-refractivity contribution < 1.29 is 9.59 Å². The van der Waals surface area contributed by atoms with Gasteiger partial charge in [0.25, 0.3) is 5.91 Å². The summed E-state index contributed by atoms with van der Waals surface area (Å²) in [5.41, 5.74) is 0.169. The summed E-state index contributed by atoms with van der Waals surface area (Å²) in [7, 11) is 0. The summed E-state index contributed by atoms with van der Waals surface area (Å²) in [4.78, 5) is 33.7. The van der Waals surface area contributed by atoms with E-state index in [1.54, 1.807) is 29.2 Å². The first-order valence-corrected chi connectivity index (χ1v) is 9.90. The Labute approximate surface area is 176 Å². The third-order valence-electron chi connectivity index (χ3n) is 4.90. The second kappa shape index (κ2) is 11.5. The molecule has 1 saturated heterocycles. The molecule has 6 nitrogen and oxygen atoms in total. The maximum absolute atomic E-state index is 13.4. The first-order chi connectivity index (χ1) is 13.7. The maximum Gasteiger partial charge on any atom is 0.329 e. The lowest BCUT2D eigenvalue weighted by Crippen LogP contribution is -2.51. The Hall–Kier alpha value is -2.44. The zero-order valence-corrected chi connectivity index (χ0v) is 18.3. The lowest BCUT2D eigenvalue weighted by Gasteiger charge is -2.34. The monoisotopic (exact) mass is 400 g/mol. The predicted octanol–water partition coefficient (Wildman–Crippen LogP) is 3.63. The highest BCUT2D eigenvalue weighted by molar-refractivity contribution is 6.06. The molecule has 0 saturated carbocycles. The molecule has 160 valence electrons. The molecule has 0 N–H and O–H groups in total. The zero-order valence-electron chi connectivity index (χ0n) is 18.3. The highest BCUT2D eigenvalue weighted by Gasteiger charge is 2.54. The molecule has 0 radical (unpaired) electrons. The number of carbonyl (C=O) groups is 2. The van der Waals surface area contributed by atoms with E-state index >= 15 is 0 Å². The number of rotatable bonds is 14. The minimum Gasteiger partial charge on any atom is -0.296 e. The highest BCUT2D eigenvalue weighted by atomic mass is 16.2. The number of nitrogens with zero attached hydrogens (tertiary/aromatic N) is 4. The number of amides is 3. The van der Waals surface area contributed by atoms with Gasteiger partial charge in [-0.25, -0.2) is 9.69 Å². The van der Waals surface area contributed by atoms with Crippen LogP contribution in [0.2, 0.25) is 0 Å². The van der Waals surface area contributed by atoms with Crippen LogP contribution >= 0.6 is 0 Å². The van der Waals surface area contributed by atoms with Gasteiger partial charge in [-0.05, 0) is 27.2 Å². The fourth-order valence-corrected chi connectivity index (χ4v) is 3.30. The molecule has 0 aromatic heterocycles. The summed E-state index contributed by atoms with van der Waals surface area (Å²) in [5, 5.41) is 0. The van der Waals surface area contributed by atoms with Gasteiger partial charge in [0.15, 0.2) is 0 Å². The normalized spacial score (nSPS) is 19.1. The van der Waals surface area contributed by atoms with Crippen LogP contribution in [-0.4, -0.2) is 76.6 Å². The fourth-order valence-electron chi connectivity index (χ4n) is 3.30. The van der Waals surface area contributed by atoms with Crippen LogP contribution in [0.25, 0.3) is 0 Å². The average Bonchev–Trinajstić information content (AvgIpc) is 2.83. The van der Waals surface area contributed by atoms with Gasteiger partial charge in [0, 0.05) is 26.2 Å². The van der Waals surface area contributed by atoms with E-state index in [1.807, 2.05) is 36.6 Å². The standard InChI is InChI=1S/C23H36N4O2/c1-8-14-24(15-9-2)18-26-21(28)23(7,13-12-20(5)6)27(22(26)29)19-25(16-10-3)17-11-4/h8-12H,1-4,13-19H2,5-7H3. The Bertz CT molecular complexity index is 646. The molecule has 1 atom stereocenters. The molecule has 1 unspecified atom stereocenters. The molecule has 1 heterocycles. The minimum absolute atomic E-state index is 0.185. The van der Waals surface area contributed by atoms with Gasteiger partial charge in [0.2, 0.25) is 0 Å². The molecule has 0 aromatic carbocycles. The van der Waals surface area contributed by atoms with E-state index in [-0.39, 0.29) is 18.6 Å². The van der Waals surface area contributed by atoms with Crippen LogP contribution < -0.4 is 0 Å². The second-order valence-corrected chi connectivity index (χ2v) is 7.71. The van der Waals surface area contributed by atoms with Gasteiger partial charge < -0.3 is 0 Å². The van der Waals surface area contributed by atoms with E-state index in [1.165, 1.54) is 4.90 Å². The van der Waals surface area contributed by atoms with Crippen LogP contribution in [0, 0.1) is 0 Å².